The summed E-state index contributed by atoms with van der Waals surface area (Å²) in [4.78, 5) is 34.1. The van der Waals surface area contributed by atoms with Gasteiger partial charge in [-0.05, 0) is 52.3 Å². The third-order valence-corrected chi connectivity index (χ3v) is 6.09. The van der Waals surface area contributed by atoms with E-state index in [0.717, 1.165) is 15.4 Å². The van der Waals surface area contributed by atoms with Crippen LogP contribution < -0.4 is 15.9 Å². The molecular formula is C27H28ClF2N5O5. The summed E-state index contributed by atoms with van der Waals surface area (Å²) in [5.41, 5.74) is -2.08. The van der Waals surface area contributed by atoms with Gasteiger partial charge >= 0.3 is 0 Å². The third-order valence-electron chi connectivity index (χ3n) is 5.75. The molecule has 0 aliphatic rings. The van der Waals surface area contributed by atoms with Gasteiger partial charge in [-0.2, -0.15) is 9.78 Å². The number of hydrogen-bond acceptors (Lipinski definition) is 8. The Morgan fingerprint density at radius 1 is 1.27 bits per heavy atom. The molecule has 3 heterocycles. The lowest BCUT2D eigenvalue weighted by Gasteiger charge is -2.17. The Labute approximate surface area is 233 Å². The summed E-state index contributed by atoms with van der Waals surface area (Å²) in [6.07, 6.45) is 5.34. The van der Waals surface area contributed by atoms with Crippen molar-refractivity contribution in [1.82, 2.24) is 19.3 Å². The molecule has 3 aromatic heterocycles. The highest BCUT2D eigenvalue weighted by atomic mass is 35.5. The molecule has 2 N–H and O–H groups in total. The Kier molecular flexibility index (Phi) is 9.51. The average molecular weight is 576 g/mol. The van der Waals surface area contributed by atoms with Gasteiger partial charge in [0.25, 0.3) is 11.1 Å². The molecule has 0 saturated carbocycles. The number of aromatic nitrogens is 4. The summed E-state index contributed by atoms with van der Waals surface area (Å²) in [6.45, 7) is 7.27. The second-order valence-corrected chi connectivity index (χ2v) is 9.76. The van der Waals surface area contributed by atoms with Crippen LogP contribution in [0.3, 0.4) is 0 Å². The number of nitrogens with zero attached hydrogens (tertiary/aromatic N) is 5. The molecule has 0 spiro atoms. The van der Waals surface area contributed by atoms with Crippen LogP contribution in [0.15, 0.2) is 63.0 Å². The molecule has 3 rings (SSSR count). The largest absolute Gasteiger partial charge is 0.485 e. The van der Waals surface area contributed by atoms with E-state index in [9.17, 15) is 28.6 Å². The Hall–Kier alpha value is -4.00. The lowest BCUT2D eigenvalue weighted by Crippen LogP contribution is -2.36. The predicted molar refractivity (Wildman–Crippen MR) is 146 cm³/mol. The van der Waals surface area contributed by atoms with E-state index >= 15 is 0 Å². The molecule has 0 amide bonds. The van der Waals surface area contributed by atoms with Crippen molar-refractivity contribution >= 4 is 23.6 Å². The normalized spacial score (nSPS) is 13.7. The molecule has 13 heteroatoms. The smallest absolute Gasteiger partial charge is 0.279 e. The summed E-state index contributed by atoms with van der Waals surface area (Å²) >= 11 is 6.24. The first-order valence-electron chi connectivity index (χ1n) is 12.0. The van der Waals surface area contributed by atoms with Gasteiger partial charge < -0.3 is 14.9 Å². The number of aliphatic hydroxyl groups excluding tert-OH is 1. The van der Waals surface area contributed by atoms with Crippen LogP contribution in [0.5, 0.6) is 5.75 Å². The van der Waals surface area contributed by atoms with Crippen LogP contribution >= 0.6 is 11.6 Å². The van der Waals surface area contributed by atoms with E-state index in [2.05, 4.69) is 15.1 Å². The lowest BCUT2D eigenvalue weighted by atomic mass is 10.0. The molecule has 0 fully saturated rings. The predicted octanol–water partition coefficient (Wildman–Crippen LogP) is 3.55. The Bertz CT molecular complexity index is 1620. The Morgan fingerprint density at radius 3 is 2.60 bits per heavy atom. The summed E-state index contributed by atoms with van der Waals surface area (Å²) in [5.74, 6) is -1.82. The molecule has 0 saturated heterocycles. The number of hydrogen-bond donors (Lipinski definition) is 2. The van der Waals surface area contributed by atoms with Crippen molar-refractivity contribution in [1.29, 1.82) is 0 Å². The molecular weight excluding hydrogens is 548 g/mol. The van der Waals surface area contributed by atoms with Crippen molar-refractivity contribution in [2.45, 2.75) is 52.9 Å². The third kappa shape index (κ3) is 7.14. The minimum atomic E-state index is -1.47. The molecule has 40 heavy (non-hydrogen) atoms. The fraction of sp³-hybridized carbons (Fsp3) is 0.296. The lowest BCUT2D eigenvalue weighted by molar-refractivity contribution is 0.0765. The second-order valence-electron chi connectivity index (χ2n) is 9.38. The Morgan fingerprint density at radius 2 is 1.98 bits per heavy atom. The molecule has 0 aliphatic carbocycles. The van der Waals surface area contributed by atoms with Gasteiger partial charge in [-0.25, -0.2) is 13.8 Å². The molecule has 212 valence electrons. The van der Waals surface area contributed by atoms with Gasteiger partial charge in [0.15, 0.2) is 11.7 Å². The van der Waals surface area contributed by atoms with E-state index in [1.807, 2.05) is 0 Å². The number of pyridine rings is 2. The van der Waals surface area contributed by atoms with Gasteiger partial charge in [0.05, 0.1) is 23.5 Å². The maximum atomic E-state index is 13.9. The van der Waals surface area contributed by atoms with Crippen molar-refractivity contribution < 1.29 is 23.7 Å². The van der Waals surface area contributed by atoms with Gasteiger partial charge in [-0.15, -0.1) is 0 Å². The minimum absolute atomic E-state index is 0.0308. The monoisotopic (exact) mass is 575 g/mol. The van der Waals surface area contributed by atoms with Crippen LogP contribution in [0, 0.1) is 18.6 Å². The maximum absolute atomic E-state index is 13.9. The highest BCUT2D eigenvalue weighted by Gasteiger charge is 2.22. The summed E-state index contributed by atoms with van der Waals surface area (Å²) in [5, 5.41) is 23.9. The molecule has 10 nitrogen and oxygen atoms in total. The molecule has 3 aromatic rings. The van der Waals surface area contributed by atoms with Gasteiger partial charge in [0.2, 0.25) is 0 Å². The summed E-state index contributed by atoms with van der Waals surface area (Å²) in [6, 6.07) is 3.48. The molecule has 0 radical (unpaired) electrons. The van der Waals surface area contributed by atoms with Crippen LogP contribution in [-0.4, -0.2) is 41.5 Å². The number of halogens is 3. The van der Waals surface area contributed by atoms with Crippen LogP contribution in [0.1, 0.15) is 44.6 Å². The van der Waals surface area contributed by atoms with E-state index in [1.165, 1.54) is 50.7 Å². The van der Waals surface area contributed by atoms with Crippen LogP contribution in [-0.2, 0) is 12.2 Å². The number of ether oxygens (including phenoxy) is 1. The quantitative estimate of drug-likeness (QED) is 0.310. The van der Waals surface area contributed by atoms with Crippen LogP contribution in [0.25, 0.3) is 6.20 Å². The molecule has 0 aliphatic heterocycles. The fourth-order valence-electron chi connectivity index (χ4n) is 3.31. The number of rotatable bonds is 8. The van der Waals surface area contributed by atoms with E-state index in [0.29, 0.717) is 17.3 Å². The SMILES string of the molecule is C/C(=C/N=C(\C=C\n1c(C)cc(OCc2ncc(F)cc2F)c(Cl)c1=O)n1nccc(C(C)(C)O)c1=O)[C@H](C)O. The number of aryl methyl sites for hydroxylation is 1. The maximum Gasteiger partial charge on any atom is 0.279 e. The number of aliphatic imine (C=N–C) groups is 1. The van der Waals surface area contributed by atoms with Gasteiger partial charge in [-0.1, -0.05) is 11.6 Å². The van der Waals surface area contributed by atoms with Crippen molar-refractivity contribution in [2.75, 3.05) is 0 Å². The van der Waals surface area contributed by atoms with Crippen molar-refractivity contribution in [3.8, 4) is 5.75 Å². The first kappa shape index (κ1) is 30.5. The van der Waals surface area contributed by atoms with Crippen molar-refractivity contribution in [2.24, 2.45) is 4.99 Å². The first-order valence-corrected chi connectivity index (χ1v) is 12.3. The first-order chi connectivity index (χ1) is 18.7. The number of aliphatic hydroxyl groups is 2. The van der Waals surface area contributed by atoms with E-state index in [-0.39, 0.29) is 27.9 Å². The average Bonchev–Trinajstić information content (AvgIpc) is 2.87. The number of allylic oxidation sites excluding steroid dienone is 1. The molecule has 0 aromatic carbocycles. The zero-order valence-corrected chi connectivity index (χ0v) is 23.1. The second kappa shape index (κ2) is 12.5. The highest BCUT2D eigenvalue weighted by Crippen LogP contribution is 2.23. The van der Waals surface area contributed by atoms with E-state index in [4.69, 9.17) is 16.3 Å². The minimum Gasteiger partial charge on any atom is -0.485 e. The van der Waals surface area contributed by atoms with Crippen LogP contribution in [0.2, 0.25) is 5.02 Å². The van der Waals surface area contributed by atoms with Gasteiger partial charge in [-0.3, -0.25) is 19.1 Å². The molecule has 0 unspecified atom stereocenters. The zero-order valence-electron chi connectivity index (χ0n) is 22.4. The standard InChI is InChI=1S/C27H28ClF2N5O5/c1-15(17(3)36)12-32-23(35-25(37)19(6-8-33-35)27(4,5)39)7-9-34-16(2)10-22(24(28)26(34)38)40-14-21-20(30)11-18(29)13-31-21/h6-13,17,36,39H,14H2,1-5H3/b9-7+,15-12-,32-23+/t17-/m0/s1. The summed E-state index contributed by atoms with van der Waals surface area (Å²) in [7, 11) is 0. The van der Waals surface area contributed by atoms with E-state index < -0.39 is 41.1 Å². The van der Waals surface area contributed by atoms with Gasteiger partial charge in [0.1, 0.15) is 28.9 Å². The zero-order chi connectivity index (χ0) is 29.8. The summed E-state index contributed by atoms with van der Waals surface area (Å²) < 4.78 is 34.6. The highest BCUT2D eigenvalue weighted by molar-refractivity contribution is 6.31. The van der Waals surface area contributed by atoms with Gasteiger partial charge in [0, 0.05) is 36.4 Å². The fourth-order valence-corrected chi connectivity index (χ4v) is 3.51. The topological polar surface area (TPSA) is 132 Å². The van der Waals surface area contributed by atoms with E-state index in [1.54, 1.807) is 20.8 Å². The van der Waals surface area contributed by atoms with Crippen molar-refractivity contribution in [3.63, 3.8) is 0 Å². The van der Waals surface area contributed by atoms with Crippen molar-refractivity contribution in [3.05, 3.63) is 103 Å². The Balaban J connectivity index is 2.03. The van der Waals surface area contributed by atoms with Crippen LogP contribution in [0.4, 0.5) is 8.78 Å². The molecule has 1 atom stereocenters. The molecule has 0 bridgehead atoms.